The number of carbonyl (C=O) groups excluding carboxylic acids is 11. The Morgan fingerprint density at radius 3 is 0.952 bits per heavy atom. The van der Waals surface area contributed by atoms with Crippen LogP contribution < -0.4 is 121 Å². The fourth-order valence-electron chi connectivity index (χ4n) is 5.92. The van der Waals surface area contributed by atoms with Gasteiger partial charge in [0.15, 0.2) is 34.9 Å². The van der Waals surface area contributed by atoms with Gasteiger partial charge in [0.2, 0.25) is 11.9 Å². The number of azide groups is 5. The van der Waals surface area contributed by atoms with Crippen LogP contribution in [0, 0.1) is 58.2 Å². The number of carbonyl (C=O) groups is 11. The van der Waals surface area contributed by atoms with Crippen LogP contribution in [0.1, 0.15) is 159 Å². The van der Waals surface area contributed by atoms with Crippen LogP contribution in [0.25, 0.3) is 68.2 Å². The van der Waals surface area contributed by atoms with Crippen LogP contribution in [0.4, 0.5) is 81.9 Å². The van der Waals surface area contributed by atoms with Crippen LogP contribution in [0.5, 0.6) is 0 Å². The number of hydrogen-bond donors (Lipinski definition) is 6. The summed E-state index contributed by atoms with van der Waals surface area (Å²) in [7, 11) is 8.64. The molecule has 43 nitrogen and oxygen atoms in total. The number of nitrogens with one attached hydrogen (secondary N) is 4. The first-order valence-corrected chi connectivity index (χ1v) is 33.3. The van der Waals surface area contributed by atoms with Crippen molar-refractivity contribution < 1.29 is 224 Å². The molecule has 126 heavy (non-hydrogen) atoms. The zero-order valence-corrected chi connectivity index (χ0v) is 76.5. The fraction of sp³-hybridized carbons (Fsp3) is 0.397. The van der Waals surface area contributed by atoms with E-state index in [1.165, 1.54) is 37.0 Å². The molecule has 0 aromatic heterocycles. The normalized spacial score (nSPS) is 8.83. The first-order valence-electron chi connectivity index (χ1n) is 33.3. The molecule has 0 fully saturated rings. The molecule has 5 aromatic rings. The predicted octanol–water partition coefficient (Wildman–Crippen LogP) is 7.74. The van der Waals surface area contributed by atoms with Gasteiger partial charge in [-0.25, -0.2) is 92.2 Å². The first kappa shape index (κ1) is 138. The molecule has 672 valence electrons. The van der Waals surface area contributed by atoms with Gasteiger partial charge in [0, 0.05) is 128 Å². The second kappa shape index (κ2) is 84.4. The zero-order chi connectivity index (χ0) is 95.7. The minimum Gasteiger partial charge on any atom is -0.793 e. The molecular formula is C68H87B2F10N24Na3O19. The van der Waals surface area contributed by atoms with Crippen molar-refractivity contribution in [2.75, 3.05) is 39.3 Å². The van der Waals surface area contributed by atoms with Crippen LogP contribution in [0.2, 0.25) is 0 Å². The predicted molar refractivity (Wildman–Crippen MR) is 421 cm³/mol. The minimum atomic E-state index is -1.56. The van der Waals surface area contributed by atoms with Crippen LogP contribution in [0.3, 0.4) is 0 Å². The Kier molecular flexibility index (Phi) is 92.3. The Balaban J connectivity index is -0.000000134. The van der Waals surface area contributed by atoms with E-state index in [4.69, 9.17) is 59.7 Å². The maximum atomic E-state index is 13.9. The van der Waals surface area contributed by atoms with E-state index in [1.54, 1.807) is 41.5 Å². The van der Waals surface area contributed by atoms with Gasteiger partial charge in [0.25, 0.3) is 0 Å². The SMILES string of the molecule is C.CC(=O)OOC(C)=O.CC(=O)OOC(C)=O.CC(C)(C)OC(=O)NCCNCc1cc(F)c(N=[N+]=[N-])c(N=[N+]=[N-])c1.CC(C)(C)OC(=O)NCCNCc1ccc(F)c(N=[N+]=[N-])c1F.CCCN.CCCN.O=Cc1cc(F)c(F)c(F)c1.O=Cc1cc(F)c(F)c(F)c1.[B-]OC(C)=O.[B-]OC(C)=O.[N-]=[N+]=Nc1cc(C=O)cc(F)c1N=[N+]=[N-].[N-]=[N+]=[N-].[Na+].[Na+].[Na+]. The van der Waals surface area contributed by atoms with Crippen LogP contribution in [-0.4, -0.2) is 133 Å². The van der Waals surface area contributed by atoms with E-state index in [2.05, 4.69) is 130 Å². The number of nitrogens with zero attached hydrogens (tertiary/aromatic N) is 18. The summed E-state index contributed by atoms with van der Waals surface area (Å²) in [5.41, 5.74) is 62.4. The Labute approximate surface area is 783 Å². The van der Waals surface area contributed by atoms with Crippen molar-refractivity contribution in [3.05, 3.63) is 215 Å². The summed E-state index contributed by atoms with van der Waals surface area (Å²) in [6.07, 6.45) is 2.00. The molecule has 5 aromatic carbocycles. The van der Waals surface area contributed by atoms with Crippen LogP contribution in [-0.2, 0) is 80.2 Å². The number of ether oxygens (including phenoxy) is 2. The van der Waals surface area contributed by atoms with Crippen molar-refractivity contribution in [1.29, 1.82) is 0 Å². The maximum Gasteiger partial charge on any atom is 1.00 e. The van der Waals surface area contributed by atoms with E-state index in [1.807, 2.05) is 0 Å². The molecule has 0 saturated carbocycles. The summed E-state index contributed by atoms with van der Waals surface area (Å²) in [6.45, 7) is 25.1. The van der Waals surface area contributed by atoms with Gasteiger partial charge >= 0.3 is 125 Å². The van der Waals surface area contributed by atoms with E-state index >= 15 is 0 Å². The largest absolute Gasteiger partial charge is 1.00 e. The zero-order valence-electron chi connectivity index (χ0n) is 70.5. The van der Waals surface area contributed by atoms with Gasteiger partial charge in [-0.15, -0.1) is 0 Å². The molecule has 0 unspecified atom stereocenters. The molecule has 0 atom stereocenters. The molecule has 5 rings (SSSR count). The van der Waals surface area contributed by atoms with Gasteiger partial charge in [0.1, 0.15) is 59.0 Å². The molecule has 0 aliphatic rings. The first-order chi connectivity index (χ1) is 57.1. The summed E-state index contributed by atoms with van der Waals surface area (Å²) >= 11 is 0. The van der Waals surface area contributed by atoms with Crippen molar-refractivity contribution in [3.63, 3.8) is 0 Å². The molecule has 8 N–H and O–H groups in total. The standard InChI is InChI=1S/C14H19F2N5O2.C14H19FN8O2.2C7H3F3O.C7H3FN6O.2C4H6O4.2C3H9N.2C2H3BO2.CH4.N3.3Na/c1-14(2,3)23-13(22)19-7-6-18-8-9-4-5-10(15)12(11(9)16)20-21-17;1-14(2,3)25-13(24)19-5-4-18-8-9-6-10(15)12(21-23-17)11(7-9)20-22-16;2*8-5-1-4(3-11)2-6(9)7(5)10;8-5-1-4(3-15)2-6(11-13-9)7(5)12-14-10;2*1-3(5)7-8-4(2)6;2*1-2-3-4;2*1-2(4)5-3;;1-3-2;;;/h4-5,18H,6-8H2,1-3H3,(H,19,22);6-7,18H,4-5,8H2,1-3H3,(H,19,24);2*1-3H;1-3H;2*1-2H3;2*2-4H2,1H3;2*1H3;1H4;;;;/q;;;;;;;;;2*-1;;-1;3*+1. The molecular weight excluding hydrogens is 1740 g/mol. The number of halogens is 10. The third kappa shape index (κ3) is 79.8. The number of nitrogens with two attached hydrogens (primary N) is 2. The summed E-state index contributed by atoms with van der Waals surface area (Å²) in [4.78, 5) is 141. The third-order valence-corrected chi connectivity index (χ3v) is 10.5. The molecule has 2 amide bonds. The number of amides is 2. The summed E-state index contributed by atoms with van der Waals surface area (Å²) < 4.78 is 145. The fourth-order valence-corrected chi connectivity index (χ4v) is 5.92. The van der Waals surface area contributed by atoms with Gasteiger partial charge in [-0.2, -0.15) is 0 Å². The van der Waals surface area contributed by atoms with Gasteiger partial charge < -0.3 is 78.7 Å². The molecule has 0 aliphatic carbocycles. The molecule has 0 saturated heterocycles. The number of aldehydes is 3. The smallest absolute Gasteiger partial charge is 0.793 e. The van der Waals surface area contributed by atoms with E-state index in [9.17, 15) is 96.6 Å². The number of alkyl carbamates (subject to hydrolysis) is 2. The molecule has 0 heterocycles. The monoisotopic (exact) mass is 1820 g/mol. The number of rotatable bonds is 20. The number of hydrogen-bond acceptors (Lipinski definition) is 28. The quantitative estimate of drug-likeness (QED) is 0.00414. The van der Waals surface area contributed by atoms with Gasteiger partial charge in [-0.1, -0.05) is 52.9 Å². The Bertz CT molecular complexity index is 4300. The summed E-state index contributed by atoms with van der Waals surface area (Å²) in [5.74, 6) is -15.6. The van der Waals surface area contributed by atoms with E-state index in [0.717, 1.165) is 71.8 Å². The topological polar surface area (TPSA) is 664 Å². The average molecular weight is 1830 g/mol. The average Bonchev–Trinajstić information content (AvgIpc) is 0.421. The Morgan fingerprint density at radius 2 is 0.683 bits per heavy atom. The van der Waals surface area contributed by atoms with E-state index < -0.39 is 129 Å². The molecule has 0 bridgehead atoms. The Morgan fingerprint density at radius 1 is 0.413 bits per heavy atom. The molecule has 0 spiro atoms. The molecule has 58 heteroatoms. The van der Waals surface area contributed by atoms with E-state index in [0.29, 0.717) is 55.7 Å². The summed E-state index contributed by atoms with van der Waals surface area (Å²) in [6, 6.07) is 9.41. The second-order valence-corrected chi connectivity index (χ2v) is 23.0. The summed E-state index contributed by atoms with van der Waals surface area (Å²) in [5, 5.41) is 26.6. The molecule has 6 radical (unpaired) electrons. The van der Waals surface area contributed by atoms with Gasteiger partial charge in [-0.3, -0.25) is 28.9 Å². The van der Waals surface area contributed by atoms with Crippen molar-refractivity contribution in [2.45, 2.75) is 141 Å². The van der Waals surface area contributed by atoms with Gasteiger partial charge in [-0.05, 0) is 155 Å². The van der Waals surface area contributed by atoms with Crippen molar-refractivity contribution >= 4 is 111 Å². The van der Waals surface area contributed by atoms with Crippen LogP contribution in [0.15, 0.2) is 86.2 Å². The third-order valence-electron chi connectivity index (χ3n) is 10.5. The van der Waals surface area contributed by atoms with Crippen molar-refractivity contribution in [3.8, 4) is 0 Å². The van der Waals surface area contributed by atoms with Crippen molar-refractivity contribution in [2.24, 2.45) is 37.0 Å². The second-order valence-electron chi connectivity index (χ2n) is 23.0. The number of benzene rings is 5. The van der Waals surface area contributed by atoms with E-state index in [-0.39, 0.29) is 168 Å². The maximum absolute atomic E-state index is 13.9. The Hall–Kier alpha value is -11.4. The van der Waals surface area contributed by atoms with Gasteiger partial charge in [0.05, 0.1) is 22.7 Å². The molecule has 0 aliphatic heterocycles. The minimum absolute atomic E-state index is 0. The van der Waals surface area contributed by atoms with Crippen molar-refractivity contribution in [1.82, 2.24) is 21.3 Å². The van der Waals surface area contributed by atoms with Crippen LogP contribution >= 0.6 is 0 Å².